The molecule has 0 saturated carbocycles. The summed E-state index contributed by atoms with van der Waals surface area (Å²) in [5.41, 5.74) is 2.72. The summed E-state index contributed by atoms with van der Waals surface area (Å²) in [4.78, 5) is 16.7. The molecule has 0 saturated heterocycles. The molecule has 4 rings (SSSR count). The zero-order chi connectivity index (χ0) is 20.4. The van der Waals surface area contributed by atoms with Crippen molar-refractivity contribution in [2.24, 2.45) is 0 Å². The normalized spacial score (nSPS) is 13.8. The van der Waals surface area contributed by atoms with Crippen LogP contribution in [0.1, 0.15) is 32.6 Å². The van der Waals surface area contributed by atoms with Crippen molar-refractivity contribution in [3.63, 3.8) is 0 Å². The van der Waals surface area contributed by atoms with Gasteiger partial charge in [-0.05, 0) is 53.9 Å². The van der Waals surface area contributed by atoms with Crippen LogP contribution >= 0.6 is 0 Å². The quantitative estimate of drug-likeness (QED) is 0.700. The van der Waals surface area contributed by atoms with Crippen molar-refractivity contribution in [3.8, 4) is 0 Å². The number of hydrogen-bond acceptors (Lipinski definition) is 3. The first-order valence-electron chi connectivity index (χ1n) is 9.20. The van der Waals surface area contributed by atoms with Gasteiger partial charge in [0.15, 0.2) is 5.82 Å². The molecule has 0 bridgehead atoms. The Hall–Kier alpha value is -3.13. The fraction of sp³-hybridized carbons (Fsp3) is 0.238. The van der Waals surface area contributed by atoms with E-state index in [0.29, 0.717) is 16.9 Å². The first kappa shape index (κ1) is 19.2. The minimum Gasteiger partial charge on any atom is -0.331 e. The maximum Gasteiger partial charge on any atom is 0.416 e. The van der Waals surface area contributed by atoms with E-state index in [1.54, 1.807) is 22.9 Å². The molecule has 0 radical (unpaired) electrons. The Balaban J connectivity index is 1.44. The molecule has 2 aromatic carbocycles. The number of amides is 1. The zero-order valence-corrected chi connectivity index (χ0v) is 15.5. The molecule has 1 amide bonds. The van der Waals surface area contributed by atoms with Crippen LogP contribution in [0.3, 0.4) is 0 Å². The molecular weight excluding hydrogens is 381 g/mol. The predicted molar refractivity (Wildman–Crippen MR) is 103 cm³/mol. The summed E-state index contributed by atoms with van der Waals surface area (Å²) in [6.45, 7) is 1.91. The van der Waals surface area contributed by atoms with Gasteiger partial charge in [-0.15, -0.1) is 0 Å². The van der Waals surface area contributed by atoms with E-state index in [2.05, 4.69) is 15.6 Å². The molecule has 1 aromatic heterocycles. The SMILES string of the molecule is O=C(Nc1cn(Cc2cccc(C(F)(F)F)c2)cn1)c1ccc2c(c1)CCNC2. The van der Waals surface area contributed by atoms with Gasteiger partial charge in [0, 0.05) is 24.8 Å². The number of anilines is 1. The van der Waals surface area contributed by atoms with E-state index in [0.717, 1.165) is 37.2 Å². The standard InChI is InChI=1S/C21H19F3N4O/c22-21(23,24)18-3-1-2-14(8-18)11-28-12-19(26-13-28)27-20(29)16-4-5-17-10-25-7-6-15(17)9-16/h1-5,8-9,12-13,25H,6-7,10-11H2,(H,27,29). The second kappa shape index (κ2) is 7.71. The van der Waals surface area contributed by atoms with Crippen LogP contribution in [0.4, 0.5) is 19.0 Å². The molecule has 5 nitrogen and oxygen atoms in total. The fourth-order valence-electron chi connectivity index (χ4n) is 3.37. The average molecular weight is 400 g/mol. The van der Waals surface area contributed by atoms with Gasteiger partial charge in [0.2, 0.25) is 0 Å². The van der Waals surface area contributed by atoms with Gasteiger partial charge in [-0.2, -0.15) is 13.2 Å². The van der Waals surface area contributed by atoms with E-state index in [9.17, 15) is 18.0 Å². The molecule has 0 fully saturated rings. The van der Waals surface area contributed by atoms with Gasteiger partial charge >= 0.3 is 6.18 Å². The zero-order valence-electron chi connectivity index (χ0n) is 15.5. The number of alkyl halides is 3. The van der Waals surface area contributed by atoms with Crippen molar-refractivity contribution in [2.75, 3.05) is 11.9 Å². The summed E-state index contributed by atoms with van der Waals surface area (Å²) < 4.78 is 40.2. The average Bonchev–Trinajstić information content (AvgIpc) is 3.13. The topological polar surface area (TPSA) is 59.0 Å². The number of benzene rings is 2. The van der Waals surface area contributed by atoms with Crippen molar-refractivity contribution in [1.82, 2.24) is 14.9 Å². The highest BCUT2D eigenvalue weighted by atomic mass is 19.4. The number of fused-ring (bicyclic) bond motifs is 1. The Morgan fingerprint density at radius 1 is 1.17 bits per heavy atom. The van der Waals surface area contributed by atoms with Crippen molar-refractivity contribution < 1.29 is 18.0 Å². The summed E-state index contributed by atoms with van der Waals surface area (Å²) in [5.74, 6) is 0.0806. The molecule has 150 valence electrons. The van der Waals surface area contributed by atoms with Gasteiger partial charge < -0.3 is 15.2 Å². The Morgan fingerprint density at radius 3 is 2.86 bits per heavy atom. The molecule has 1 aliphatic rings. The lowest BCUT2D eigenvalue weighted by atomic mass is 9.98. The van der Waals surface area contributed by atoms with E-state index < -0.39 is 11.7 Å². The number of carbonyl (C=O) groups excluding carboxylic acids is 1. The van der Waals surface area contributed by atoms with E-state index in [1.807, 2.05) is 12.1 Å². The number of nitrogens with one attached hydrogen (secondary N) is 2. The smallest absolute Gasteiger partial charge is 0.331 e. The number of carbonyl (C=O) groups is 1. The summed E-state index contributed by atoms with van der Waals surface area (Å²) >= 11 is 0. The third kappa shape index (κ3) is 4.48. The van der Waals surface area contributed by atoms with E-state index >= 15 is 0 Å². The predicted octanol–water partition coefficient (Wildman–Crippen LogP) is 3.85. The van der Waals surface area contributed by atoms with Crippen LogP contribution in [-0.4, -0.2) is 22.0 Å². The van der Waals surface area contributed by atoms with Crippen LogP contribution in [0, 0.1) is 0 Å². The fourth-order valence-corrected chi connectivity index (χ4v) is 3.37. The Bertz CT molecular complexity index is 1040. The molecule has 3 aromatic rings. The van der Waals surface area contributed by atoms with E-state index in [4.69, 9.17) is 0 Å². The van der Waals surface area contributed by atoms with Crippen molar-refractivity contribution in [3.05, 3.63) is 82.8 Å². The minimum absolute atomic E-state index is 0.221. The number of nitrogens with zero attached hydrogens (tertiary/aromatic N) is 2. The Morgan fingerprint density at radius 2 is 2.03 bits per heavy atom. The second-order valence-corrected chi connectivity index (χ2v) is 6.99. The minimum atomic E-state index is -4.38. The van der Waals surface area contributed by atoms with Gasteiger partial charge in [0.25, 0.3) is 5.91 Å². The van der Waals surface area contributed by atoms with Crippen molar-refractivity contribution in [1.29, 1.82) is 0 Å². The highest BCUT2D eigenvalue weighted by molar-refractivity contribution is 6.03. The molecule has 29 heavy (non-hydrogen) atoms. The van der Waals surface area contributed by atoms with Crippen molar-refractivity contribution in [2.45, 2.75) is 25.7 Å². The van der Waals surface area contributed by atoms with Crippen LogP contribution in [0.2, 0.25) is 0 Å². The highest BCUT2D eigenvalue weighted by Crippen LogP contribution is 2.29. The van der Waals surface area contributed by atoms with Gasteiger partial charge in [0.05, 0.1) is 11.9 Å². The Labute approximate surface area is 165 Å². The first-order chi connectivity index (χ1) is 13.9. The third-order valence-corrected chi connectivity index (χ3v) is 4.85. The molecule has 0 atom stereocenters. The first-order valence-corrected chi connectivity index (χ1v) is 9.20. The van der Waals surface area contributed by atoms with Crippen LogP contribution < -0.4 is 10.6 Å². The molecular formula is C21H19F3N4O. The number of hydrogen-bond donors (Lipinski definition) is 2. The molecule has 2 heterocycles. The maximum atomic E-state index is 12.9. The molecule has 0 aliphatic carbocycles. The van der Waals surface area contributed by atoms with Crippen LogP contribution in [0.25, 0.3) is 0 Å². The molecule has 8 heteroatoms. The molecule has 2 N–H and O–H groups in total. The molecule has 1 aliphatic heterocycles. The largest absolute Gasteiger partial charge is 0.416 e. The highest BCUT2D eigenvalue weighted by Gasteiger charge is 2.30. The van der Waals surface area contributed by atoms with Crippen LogP contribution in [0.5, 0.6) is 0 Å². The van der Waals surface area contributed by atoms with Crippen LogP contribution in [0.15, 0.2) is 55.0 Å². The monoisotopic (exact) mass is 400 g/mol. The summed E-state index contributed by atoms with van der Waals surface area (Å²) in [7, 11) is 0. The molecule has 0 spiro atoms. The third-order valence-electron chi connectivity index (χ3n) is 4.85. The van der Waals surface area contributed by atoms with E-state index in [-0.39, 0.29) is 12.5 Å². The maximum absolute atomic E-state index is 12.9. The Kier molecular flexibility index (Phi) is 5.10. The lowest BCUT2D eigenvalue weighted by Gasteiger charge is -2.17. The number of aromatic nitrogens is 2. The number of rotatable bonds is 4. The van der Waals surface area contributed by atoms with E-state index in [1.165, 1.54) is 18.0 Å². The van der Waals surface area contributed by atoms with Gasteiger partial charge in [0.1, 0.15) is 0 Å². The van der Waals surface area contributed by atoms with Gasteiger partial charge in [-0.1, -0.05) is 18.2 Å². The van der Waals surface area contributed by atoms with Gasteiger partial charge in [-0.25, -0.2) is 4.98 Å². The summed E-state index contributed by atoms with van der Waals surface area (Å²) in [6.07, 6.45) is -0.425. The van der Waals surface area contributed by atoms with Crippen LogP contribution in [-0.2, 0) is 25.7 Å². The number of halogens is 3. The summed E-state index contributed by atoms with van der Waals surface area (Å²) in [6, 6.07) is 10.8. The lowest BCUT2D eigenvalue weighted by Crippen LogP contribution is -2.24. The number of imidazole rings is 1. The lowest BCUT2D eigenvalue weighted by molar-refractivity contribution is -0.137. The molecule has 0 unspecified atom stereocenters. The second-order valence-electron chi connectivity index (χ2n) is 6.99. The van der Waals surface area contributed by atoms with Gasteiger partial charge in [-0.3, -0.25) is 4.79 Å². The van der Waals surface area contributed by atoms with Crippen molar-refractivity contribution >= 4 is 11.7 Å². The summed E-state index contributed by atoms with van der Waals surface area (Å²) in [5, 5.41) is 6.03.